The van der Waals surface area contributed by atoms with Crippen molar-refractivity contribution in [2.75, 3.05) is 0 Å². The van der Waals surface area contributed by atoms with E-state index in [1.165, 1.54) is 0 Å². The molecule has 0 radical (unpaired) electrons. The van der Waals surface area contributed by atoms with Gasteiger partial charge in [-0.15, -0.1) is 0 Å². The molecule has 0 N–H and O–H groups in total. The first-order valence-electron chi connectivity index (χ1n) is 4.25. The van der Waals surface area contributed by atoms with Gasteiger partial charge in [-0.1, -0.05) is 24.0 Å². The highest BCUT2D eigenvalue weighted by Gasteiger charge is 1.90. The standard InChI is InChI=1S/C12H9NO/c13-9-8-12-6-4-11(5-7-12)3-1-2-10-14/h4-7,10H,2,8H2. The van der Waals surface area contributed by atoms with Crippen molar-refractivity contribution in [3.8, 4) is 17.9 Å². The van der Waals surface area contributed by atoms with Crippen molar-refractivity contribution in [3.05, 3.63) is 35.4 Å². The molecule has 0 aliphatic carbocycles. The highest BCUT2D eigenvalue weighted by Crippen LogP contribution is 2.03. The fraction of sp³-hybridized carbons (Fsp3) is 0.167. The van der Waals surface area contributed by atoms with Crippen LogP contribution in [0.5, 0.6) is 0 Å². The van der Waals surface area contributed by atoms with Crippen molar-refractivity contribution in [3.63, 3.8) is 0 Å². The minimum absolute atomic E-state index is 0.264. The van der Waals surface area contributed by atoms with E-state index in [-0.39, 0.29) is 6.42 Å². The van der Waals surface area contributed by atoms with Gasteiger partial charge < -0.3 is 4.79 Å². The van der Waals surface area contributed by atoms with Crippen LogP contribution in [0.4, 0.5) is 0 Å². The lowest BCUT2D eigenvalue weighted by atomic mass is 10.1. The Labute approximate surface area is 83.2 Å². The van der Waals surface area contributed by atoms with E-state index in [1.54, 1.807) is 0 Å². The Morgan fingerprint density at radius 2 is 2.00 bits per heavy atom. The number of hydrogen-bond acceptors (Lipinski definition) is 2. The van der Waals surface area contributed by atoms with Gasteiger partial charge in [-0.3, -0.25) is 0 Å². The zero-order valence-corrected chi connectivity index (χ0v) is 7.66. The molecule has 1 aromatic rings. The third-order valence-corrected chi connectivity index (χ3v) is 1.66. The molecular formula is C12H9NO. The van der Waals surface area contributed by atoms with Crippen LogP contribution in [0.1, 0.15) is 17.5 Å². The van der Waals surface area contributed by atoms with E-state index in [1.807, 2.05) is 24.3 Å². The lowest BCUT2D eigenvalue weighted by Crippen LogP contribution is -1.81. The molecule has 0 saturated heterocycles. The monoisotopic (exact) mass is 183 g/mol. The molecule has 68 valence electrons. The van der Waals surface area contributed by atoms with E-state index in [9.17, 15) is 4.79 Å². The maximum atomic E-state index is 10.00. The van der Waals surface area contributed by atoms with Gasteiger partial charge in [0.2, 0.25) is 0 Å². The van der Waals surface area contributed by atoms with Gasteiger partial charge in [0.1, 0.15) is 6.29 Å². The lowest BCUT2D eigenvalue weighted by Gasteiger charge is -1.93. The van der Waals surface area contributed by atoms with Crippen LogP contribution in [0.15, 0.2) is 24.3 Å². The Bertz CT molecular complexity index is 401. The molecule has 1 aromatic carbocycles. The largest absolute Gasteiger partial charge is 0.302 e. The third-order valence-electron chi connectivity index (χ3n) is 1.66. The summed E-state index contributed by atoms with van der Waals surface area (Å²) in [5.74, 6) is 5.57. The van der Waals surface area contributed by atoms with Crippen LogP contribution in [0.2, 0.25) is 0 Å². The van der Waals surface area contributed by atoms with Gasteiger partial charge in [0, 0.05) is 5.56 Å². The lowest BCUT2D eigenvalue weighted by molar-refractivity contribution is -0.107. The van der Waals surface area contributed by atoms with Crippen molar-refractivity contribution in [1.82, 2.24) is 0 Å². The highest BCUT2D eigenvalue weighted by molar-refractivity contribution is 5.55. The molecule has 1 rings (SSSR count). The Hall–Kier alpha value is -2.06. The summed E-state index contributed by atoms with van der Waals surface area (Å²) in [7, 11) is 0. The van der Waals surface area contributed by atoms with Gasteiger partial charge in [-0.25, -0.2) is 0 Å². The average Bonchev–Trinajstić information content (AvgIpc) is 2.21. The van der Waals surface area contributed by atoms with Crippen LogP contribution in [-0.2, 0) is 11.2 Å². The molecule has 0 unspecified atom stereocenters. The number of benzene rings is 1. The number of nitrogens with zero attached hydrogens (tertiary/aromatic N) is 1. The summed E-state index contributed by atoms with van der Waals surface area (Å²) in [6.07, 6.45) is 1.46. The fourth-order valence-electron chi connectivity index (χ4n) is 0.992. The molecule has 0 heterocycles. The first-order valence-corrected chi connectivity index (χ1v) is 4.25. The van der Waals surface area contributed by atoms with Crippen molar-refractivity contribution in [1.29, 1.82) is 5.26 Å². The normalized spacial score (nSPS) is 8.21. The van der Waals surface area contributed by atoms with Crippen molar-refractivity contribution >= 4 is 6.29 Å². The van der Waals surface area contributed by atoms with E-state index in [2.05, 4.69) is 17.9 Å². The van der Waals surface area contributed by atoms with Crippen LogP contribution in [0, 0.1) is 23.2 Å². The molecule has 0 atom stereocenters. The maximum absolute atomic E-state index is 10.00. The van der Waals surface area contributed by atoms with Crippen LogP contribution in [0.3, 0.4) is 0 Å². The second-order valence-electron chi connectivity index (χ2n) is 2.70. The molecule has 0 amide bonds. The van der Waals surface area contributed by atoms with Gasteiger partial charge >= 0.3 is 0 Å². The number of nitriles is 1. The van der Waals surface area contributed by atoms with Crippen LogP contribution in [0.25, 0.3) is 0 Å². The predicted molar refractivity (Wildman–Crippen MR) is 53.3 cm³/mol. The van der Waals surface area contributed by atoms with Crippen LogP contribution >= 0.6 is 0 Å². The number of hydrogen-bond donors (Lipinski definition) is 0. The van der Waals surface area contributed by atoms with Crippen molar-refractivity contribution in [2.45, 2.75) is 12.8 Å². The van der Waals surface area contributed by atoms with Gasteiger partial charge in [0.25, 0.3) is 0 Å². The summed E-state index contributed by atoms with van der Waals surface area (Å²) in [4.78, 5) is 10.00. The Balaban J connectivity index is 2.70. The fourth-order valence-corrected chi connectivity index (χ4v) is 0.992. The average molecular weight is 183 g/mol. The molecule has 0 aromatic heterocycles. The summed E-state index contributed by atoms with van der Waals surface area (Å²) in [5, 5.41) is 8.45. The minimum Gasteiger partial charge on any atom is -0.302 e. The molecule has 0 bridgehead atoms. The van der Waals surface area contributed by atoms with Crippen molar-refractivity contribution in [2.24, 2.45) is 0 Å². The molecule has 2 heteroatoms. The molecule has 0 spiro atoms. The molecule has 0 aliphatic heterocycles. The molecule has 0 aliphatic rings. The zero-order chi connectivity index (χ0) is 10.2. The Morgan fingerprint density at radius 3 is 2.57 bits per heavy atom. The molecule has 2 nitrogen and oxygen atoms in total. The van der Waals surface area contributed by atoms with E-state index in [4.69, 9.17) is 5.26 Å². The molecular weight excluding hydrogens is 174 g/mol. The van der Waals surface area contributed by atoms with Gasteiger partial charge in [0.15, 0.2) is 0 Å². The third kappa shape index (κ3) is 3.13. The number of carbonyl (C=O) groups excluding carboxylic acids is 1. The summed E-state index contributed by atoms with van der Waals surface area (Å²) in [5.41, 5.74) is 1.85. The first-order chi connectivity index (χ1) is 6.86. The number of aldehydes is 1. The summed E-state index contributed by atoms with van der Waals surface area (Å²) in [6.45, 7) is 0. The SMILES string of the molecule is N#CCc1ccc(C#CCC=O)cc1. The van der Waals surface area contributed by atoms with Crippen LogP contribution in [-0.4, -0.2) is 6.29 Å². The summed E-state index contributed by atoms with van der Waals surface area (Å²) in [6, 6.07) is 9.52. The van der Waals surface area contributed by atoms with E-state index in [0.717, 1.165) is 17.4 Å². The first kappa shape index (κ1) is 10.0. The number of carbonyl (C=O) groups is 1. The summed E-state index contributed by atoms with van der Waals surface area (Å²) >= 11 is 0. The van der Waals surface area contributed by atoms with Crippen molar-refractivity contribution < 1.29 is 4.79 Å². The second kappa shape index (κ2) is 5.56. The van der Waals surface area contributed by atoms with E-state index in [0.29, 0.717) is 6.42 Å². The molecule has 0 fully saturated rings. The zero-order valence-electron chi connectivity index (χ0n) is 7.66. The predicted octanol–water partition coefficient (Wildman–Crippen LogP) is 1.69. The van der Waals surface area contributed by atoms with E-state index >= 15 is 0 Å². The van der Waals surface area contributed by atoms with Crippen LogP contribution < -0.4 is 0 Å². The Morgan fingerprint density at radius 1 is 1.29 bits per heavy atom. The number of rotatable bonds is 2. The second-order valence-corrected chi connectivity index (χ2v) is 2.70. The van der Waals surface area contributed by atoms with Gasteiger partial charge in [0.05, 0.1) is 18.9 Å². The quantitative estimate of drug-likeness (QED) is 0.517. The molecule has 0 saturated carbocycles. The topological polar surface area (TPSA) is 40.9 Å². The highest BCUT2D eigenvalue weighted by atomic mass is 16.1. The maximum Gasteiger partial charge on any atom is 0.131 e. The van der Waals surface area contributed by atoms with Gasteiger partial charge in [-0.05, 0) is 17.7 Å². The smallest absolute Gasteiger partial charge is 0.131 e. The summed E-state index contributed by atoms with van der Waals surface area (Å²) < 4.78 is 0. The van der Waals surface area contributed by atoms with Gasteiger partial charge in [-0.2, -0.15) is 5.26 Å². The minimum atomic E-state index is 0.264. The molecule has 14 heavy (non-hydrogen) atoms. The van der Waals surface area contributed by atoms with E-state index < -0.39 is 0 Å². The Kier molecular flexibility index (Phi) is 3.98.